The van der Waals surface area contributed by atoms with Crippen LogP contribution in [0.2, 0.25) is 0 Å². The Morgan fingerprint density at radius 1 is 1.32 bits per heavy atom. The van der Waals surface area contributed by atoms with Crippen molar-refractivity contribution in [3.05, 3.63) is 17.5 Å². The van der Waals surface area contributed by atoms with Crippen LogP contribution in [0, 0.1) is 0 Å². The third-order valence-corrected chi connectivity index (χ3v) is 3.71. The van der Waals surface area contributed by atoms with Gasteiger partial charge in [-0.15, -0.1) is 0 Å². The monoisotopic (exact) mass is 307 g/mol. The van der Waals surface area contributed by atoms with E-state index in [1.165, 1.54) is 0 Å². The summed E-state index contributed by atoms with van der Waals surface area (Å²) in [6, 6.07) is 1.95. The Kier molecular flexibility index (Phi) is 5.80. The Balaban J connectivity index is 1.97. The quantitative estimate of drug-likeness (QED) is 0.660. The van der Waals surface area contributed by atoms with Gasteiger partial charge in [-0.1, -0.05) is 12.1 Å². The number of rotatable bonds is 4. The fourth-order valence-electron chi connectivity index (χ4n) is 2.41. The SMILES string of the molecule is CCNC(=NCc1cc(CC)no1)N1CCN(C(C)=O)CC1. The van der Waals surface area contributed by atoms with Crippen LogP contribution in [0.1, 0.15) is 32.2 Å². The summed E-state index contributed by atoms with van der Waals surface area (Å²) in [6.45, 7) is 10.1. The molecule has 1 aliphatic rings. The highest BCUT2D eigenvalue weighted by Crippen LogP contribution is 2.07. The number of amides is 1. The van der Waals surface area contributed by atoms with Gasteiger partial charge in [-0.05, 0) is 13.3 Å². The van der Waals surface area contributed by atoms with Crippen molar-refractivity contribution in [1.29, 1.82) is 0 Å². The zero-order chi connectivity index (χ0) is 15.9. The molecule has 1 aromatic rings. The number of carbonyl (C=O) groups is 1. The molecule has 0 saturated carbocycles. The number of aliphatic imine (C=N–C) groups is 1. The highest BCUT2D eigenvalue weighted by atomic mass is 16.5. The molecule has 0 atom stereocenters. The van der Waals surface area contributed by atoms with E-state index in [-0.39, 0.29) is 5.91 Å². The molecule has 2 heterocycles. The maximum Gasteiger partial charge on any atom is 0.219 e. The highest BCUT2D eigenvalue weighted by Gasteiger charge is 2.20. The number of nitrogens with zero attached hydrogens (tertiary/aromatic N) is 4. The van der Waals surface area contributed by atoms with E-state index in [9.17, 15) is 4.79 Å². The van der Waals surface area contributed by atoms with E-state index in [4.69, 9.17) is 4.52 Å². The second kappa shape index (κ2) is 7.82. The standard InChI is InChI=1S/C15H25N5O2/c1-4-13-10-14(22-18-13)11-17-15(16-5-2)20-8-6-19(7-9-20)12(3)21/h10H,4-9,11H2,1-3H3,(H,16,17). The van der Waals surface area contributed by atoms with E-state index in [0.29, 0.717) is 6.54 Å². The first-order valence-corrected chi connectivity index (χ1v) is 7.87. The molecule has 7 heteroatoms. The van der Waals surface area contributed by atoms with Crippen LogP contribution in [0.25, 0.3) is 0 Å². The zero-order valence-corrected chi connectivity index (χ0v) is 13.6. The van der Waals surface area contributed by atoms with Crippen molar-refractivity contribution in [2.45, 2.75) is 33.7 Å². The first-order valence-electron chi connectivity index (χ1n) is 7.87. The number of piperazine rings is 1. The molecule has 1 aromatic heterocycles. The third-order valence-electron chi connectivity index (χ3n) is 3.71. The summed E-state index contributed by atoms with van der Waals surface area (Å²) in [4.78, 5) is 20.0. The number of nitrogens with one attached hydrogen (secondary N) is 1. The fraction of sp³-hybridized carbons (Fsp3) is 0.667. The van der Waals surface area contributed by atoms with Crippen LogP contribution in [-0.2, 0) is 17.8 Å². The third kappa shape index (κ3) is 4.22. The predicted molar refractivity (Wildman–Crippen MR) is 84.5 cm³/mol. The summed E-state index contributed by atoms with van der Waals surface area (Å²) in [5.74, 6) is 1.77. The van der Waals surface area contributed by atoms with Gasteiger partial charge in [0.1, 0.15) is 6.54 Å². The Hall–Kier alpha value is -2.05. The lowest BCUT2D eigenvalue weighted by atomic mass is 10.3. The lowest BCUT2D eigenvalue weighted by Gasteiger charge is -2.36. The van der Waals surface area contributed by atoms with Gasteiger partial charge in [0, 0.05) is 45.7 Å². The molecule has 1 aliphatic heterocycles. The van der Waals surface area contributed by atoms with Crippen LogP contribution in [0.4, 0.5) is 0 Å². The molecule has 0 spiro atoms. The van der Waals surface area contributed by atoms with Crippen molar-refractivity contribution in [2.24, 2.45) is 4.99 Å². The number of aromatic nitrogens is 1. The number of aryl methyl sites for hydroxylation is 1. The Labute approximate surface area is 131 Å². The molecule has 1 amide bonds. The van der Waals surface area contributed by atoms with Gasteiger partial charge in [0.25, 0.3) is 0 Å². The molecule has 0 unspecified atom stereocenters. The second-order valence-corrected chi connectivity index (χ2v) is 5.30. The van der Waals surface area contributed by atoms with Gasteiger partial charge >= 0.3 is 0 Å². The van der Waals surface area contributed by atoms with E-state index in [1.807, 2.05) is 24.8 Å². The van der Waals surface area contributed by atoms with Gasteiger partial charge in [0.2, 0.25) is 5.91 Å². The molecule has 122 valence electrons. The molecule has 0 bridgehead atoms. The summed E-state index contributed by atoms with van der Waals surface area (Å²) in [5, 5.41) is 7.28. The van der Waals surface area contributed by atoms with Gasteiger partial charge in [-0.25, -0.2) is 4.99 Å². The summed E-state index contributed by atoms with van der Waals surface area (Å²) in [5.41, 5.74) is 0.949. The Morgan fingerprint density at radius 3 is 2.55 bits per heavy atom. The molecule has 2 rings (SSSR count). The first kappa shape index (κ1) is 16.3. The Morgan fingerprint density at radius 2 is 2.00 bits per heavy atom. The normalized spacial score (nSPS) is 16.0. The minimum Gasteiger partial charge on any atom is -0.359 e. The molecular weight excluding hydrogens is 282 g/mol. The van der Waals surface area contributed by atoms with E-state index in [1.54, 1.807) is 6.92 Å². The van der Waals surface area contributed by atoms with E-state index >= 15 is 0 Å². The van der Waals surface area contributed by atoms with Crippen molar-refractivity contribution >= 4 is 11.9 Å². The van der Waals surface area contributed by atoms with E-state index < -0.39 is 0 Å². The first-order chi connectivity index (χ1) is 10.6. The van der Waals surface area contributed by atoms with Crippen molar-refractivity contribution in [3.8, 4) is 0 Å². The van der Waals surface area contributed by atoms with Crippen molar-refractivity contribution < 1.29 is 9.32 Å². The van der Waals surface area contributed by atoms with Crippen molar-refractivity contribution in [1.82, 2.24) is 20.3 Å². The molecule has 1 saturated heterocycles. The van der Waals surface area contributed by atoms with Crippen LogP contribution in [0.5, 0.6) is 0 Å². The number of hydrogen-bond acceptors (Lipinski definition) is 4. The molecule has 1 fully saturated rings. The average molecular weight is 307 g/mol. The fourth-order valence-corrected chi connectivity index (χ4v) is 2.41. The number of hydrogen-bond donors (Lipinski definition) is 1. The van der Waals surface area contributed by atoms with Gasteiger partial charge < -0.3 is 19.6 Å². The number of guanidine groups is 1. The smallest absolute Gasteiger partial charge is 0.219 e. The maximum absolute atomic E-state index is 11.4. The lowest BCUT2D eigenvalue weighted by molar-refractivity contribution is -0.130. The molecule has 1 N–H and O–H groups in total. The van der Waals surface area contributed by atoms with Gasteiger partial charge in [0.15, 0.2) is 11.7 Å². The molecular formula is C15H25N5O2. The van der Waals surface area contributed by atoms with Crippen LogP contribution >= 0.6 is 0 Å². The Bertz CT molecular complexity index is 518. The van der Waals surface area contributed by atoms with Crippen molar-refractivity contribution in [2.75, 3.05) is 32.7 Å². The second-order valence-electron chi connectivity index (χ2n) is 5.30. The minimum absolute atomic E-state index is 0.135. The summed E-state index contributed by atoms with van der Waals surface area (Å²) in [6.07, 6.45) is 0.861. The van der Waals surface area contributed by atoms with E-state index in [0.717, 1.165) is 56.6 Å². The van der Waals surface area contributed by atoms with Crippen LogP contribution in [0.3, 0.4) is 0 Å². The molecule has 0 aliphatic carbocycles. The lowest BCUT2D eigenvalue weighted by Crippen LogP contribution is -2.53. The highest BCUT2D eigenvalue weighted by molar-refractivity contribution is 5.80. The average Bonchev–Trinajstić information content (AvgIpc) is 2.99. The molecule has 0 aromatic carbocycles. The molecule has 7 nitrogen and oxygen atoms in total. The van der Waals surface area contributed by atoms with Crippen LogP contribution < -0.4 is 5.32 Å². The summed E-state index contributed by atoms with van der Waals surface area (Å²) >= 11 is 0. The topological polar surface area (TPSA) is 74.0 Å². The number of carbonyl (C=O) groups excluding carboxylic acids is 1. The largest absolute Gasteiger partial charge is 0.359 e. The van der Waals surface area contributed by atoms with Gasteiger partial charge in [-0.3, -0.25) is 4.79 Å². The van der Waals surface area contributed by atoms with Crippen LogP contribution in [0.15, 0.2) is 15.6 Å². The van der Waals surface area contributed by atoms with Crippen molar-refractivity contribution in [3.63, 3.8) is 0 Å². The van der Waals surface area contributed by atoms with Gasteiger partial charge in [0.05, 0.1) is 5.69 Å². The summed E-state index contributed by atoms with van der Waals surface area (Å²) in [7, 11) is 0. The van der Waals surface area contributed by atoms with E-state index in [2.05, 4.69) is 20.4 Å². The minimum atomic E-state index is 0.135. The summed E-state index contributed by atoms with van der Waals surface area (Å²) < 4.78 is 5.26. The zero-order valence-electron chi connectivity index (χ0n) is 13.6. The maximum atomic E-state index is 11.4. The van der Waals surface area contributed by atoms with Gasteiger partial charge in [-0.2, -0.15) is 0 Å². The van der Waals surface area contributed by atoms with Crippen LogP contribution in [-0.4, -0.2) is 59.5 Å². The molecule has 0 radical (unpaired) electrons. The predicted octanol–water partition coefficient (Wildman–Crippen LogP) is 0.867. The molecule has 22 heavy (non-hydrogen) atoms.